The van der Waals surface area contributed by atoms with Gasteiger partial charge in [-0.2, -0.15) is 0 Å². The lowest BCUT2D eigenvalue weighted by molar-refractivity contribution is 0.0332. The molecule has 4 nitrogen and oxygen atoms in total. The summed E-state index contributed by atoms with van der Waals surface area (Å²) < 4.78 is 11.8. The summed E-state index contributed by atoms with van der Waals surface area (Å²) in [4.78, 5) is 24.3. The molecular weight excluding hydrogens is 416 g/mol. The topological polar surface area (TPSA) is 52.6 Å². The molecule has 0 heterocycles. The van der Waals surface area contributed by atoms with E-state index < -0.39 is 11.9 Å². The highest BCUT2D eigenvalue weighted by Crippen LogP contribution is 2.30. The monoisotopic (exact) mass is 434 g/mol. The van der Waals surface area contributed by atoms with Gasteiger partial charge >= 0.3 is 11.9 Å². The highest BCUT2D eigenvalue weighted by molar-refractivity contribution is 9.13. The van der Waals surface area contributed by atoms with Gasteiger partial charge in [-0.1, -0.05) is 13.8 Å². The molecule has 1 aromatic carbocycles. The van der Waals surface area contributed by atoms with Gasteiger partial charge in [-0.25, -0.2) is 9.59 Å². The van der Waals surface area contributed by atoms with Crippen molar-refractivity contribution in [2.24, 2.45) is 0 Å². The molecule has 2 atom stereocenters. The van der Waals surface area contributed by atoms with E-state index in [1.165, 1.54) is 6.07 Å². The van der Waals surface area contributed by atoms with E-state index in [4.69, 9.17) is 9.47 Å². The minimum absolute atomic E-state index is 0.176. The zero-order valence-electron chi connectivity index (χ0n) is 13.1. The SMILES string of the molecule is CCC(C)OC(=O)c1cc(Br)c(Br)c(C(=O)OC(C)CC)c1. The summed E-state index contributed by atoms with van der Waals surface area (Å²) in [7, 11) is 0. The highest BCUT2D eigenvalue weighted by Gasteiger charge is 2.21. The number of hydrogen-bond donors (Lipinski definition) is 0. The number of carbonyl (C=O) groups is 2. The van der Waals surface area contributed by atoms with Gasteiger partial charge in [-0.05, 0) is 70.7 Å². The van der Waals surface area contributed by atoms with Crippen molar-refractivity contribution in [3.63, 3.8) is 0 Å². The maximum atomic E-state index is 12.2. The van der Waals surface area contributed by atoms with Crippen molar-refractivity contribution in [3.05, 3.63) is 32.2 Å². The molecule has 0 bridgehead atoms. The molecule has 22 heavy (non-hydrogen) atoms. The van der Waals surface area contributed by atoms with Gasteiger partial charge in [0, 0.05) is 8.95 Å². The molecule has 0 amide bonds. The Labute approximate surface area is 147 Å². The first-order valence-electron chi connectivity index (χ1n) is 7.21. The second-order valence-corrected chi connectivity index (χ2v) is 6.72. The Bertz CT molecular complexity index is 557. The van der Waals surface area contributed by atoms with E-state index in [0.717, 1.165) is 12.8 Å². The van der Waals surface area contributed by atoms with Crippen molar-refractivity contribution in [2.45, 2.75) is 52.7 Å². The molecule has 0 radical (unpaired) electrons. The summed E-state index contributed by atoms with van der Waals surface area (Å²) in [5.74, 6) is -0.930. The van der Waals surface area contributed by atoms with Crippen LogP contribution in [0.15, 0.2) is 21.1 Å². The van der Waals surface area contributed by atoms with Crippen LogP contribution in [-0.2, 0) is 9.47 Å². The highest BCUT2D eigenvalue weighted by atomic mass is 79.9. The molecule has 0 saturated carbocycles. The van der Waals surface area contributed by atoms with Gasteiger partial charge in [-0.15, -0.1) is 0 Å². The van der Waals surface area contributed by atoms with Gasteiger partial charge in [0.2, 0.25) is 0 Å². The van der Waals surface area contributed by atoms with Gasteiger partial charge in [0.1, 0.15) is 0 Å². The fourth-order valence-electron chi connectivity index (χ4n) is 1.52. The predicted octanol–water partition coefficient (Wildman–Crippen LogP) is 5.12. The van der Waals surface area contributed by atoms with Crippen molar-refractivity contribution in [3.8, 4) is 0 Å². The van der Waals surface area contributed by atoms with Crippen LogP contribution in [0.4, 0.5) is 0 Å². The number of benzene rings is 1. The smallest absolute Gasteiger partial charge is 0.339 e. The van der Waals surface area contributed by atoms with E-state index in [1.807, 2.05) is 27.7 Å². The van der Waals surface area contributed by atoms with Gasteiger partial charge < -0.3 is 9.47 Å². The van der Waals surface area contributed by atoms with Crippen molar-refractivity contribution in [1.29, 1.82) is 0 Å². The van der Waals surface area contributed by atoms with Crippen LogP contribution in [0.5, 0.6) is 0 Å². The predicted molar refractivity (Wildman–Crippen MR) is 92.2 cm³/mol. The third-order valence-corrected chi connectivity index (χ3v) is 5.26. The Morgan fingerprint density at radius 1 is 1.00 bits per heavy atom. The second-order valence-electron chi connectivity index (χ2n) is 5.07. The molecule has 0 fully saturated rings. The van der Waals surface area contributed by atoms with Crippen LogP contribution in [0.3, 0.4) is 0 Å². The molecule has 0 aromatic heterocycles. The molecule has 6 heteroatoms. The van der Waals surface area contributed by atoms with E-state index in [9.17, 15) is 9.59 Å². The summed E-state index contributed by atoms with van der Waals surface area (Å²) in [5, 5.41) is 0. The van der Waals surface area contributed by atoms with Gasteiger partial charge in [0.15, 0.2) is 0 Å². The number of carbonyl (C=O) groups excluding carboxylic acids is 2. The first-order chi connectivity index (χ1) is 10.3. The van der Waals surface area contributed by atoms with E-state index in [1.54, 1.807) is 6.07 Å². The summed E-state index contributed by atoms with van der Waals surface area (Å²) in [6.07, 6.45) is 1.09. The second kappa shape index (κ2) is 8.67. The number of hydrogen-bond acceptors (Lipinski definition) is 4. The molecule has 0 aliphatic rings. The lowest BCUT2D eigenvalue weighted by atomic mass is 10.1. The van der Waals surface area contributed by atoms with Crippen LogP contribution in [0.1, 0.15) is 61.3 Å². The summed E-state index contributed by atoms with van der Waals surface area (Å²) in [6.45, 7) is 7.51. The fourth-order valence-corrected chi connectivity index (χ4v) is 2.37. The van der Waals surface area contributed by atoms with Crippen LogP contribution < -0.4 is 0 Å². The molecule has 0 saturated heterocycles. The minimum Gasteiger partial charge on any atom is -0.459 e. The van der Waals surface area contributed by atoms with Gasteiger partial charge in [0.25, 0.3) is 0 Å². The van der Waals surface area contributed by atoms with E-state index >= 15 is 0 Å². The van der Waals surface area contributed by atoms with Crippen molar-refractivity contribution in [1.82, 2.24) is 0 Å². The van der Waals surface area contributed by atoms with E-state index in [2.05, 4.69) is 31.9 Å². The standard InChI is InChI=1S/C16H20Br2O4/c1-5-9(3)21-15(19)11-7-12(14(18)13(17)8-11)16(20)22-10(4)6-2/h7-10H,5-6H2,1-4H3. The lowest BCUT2D eigenvalue weighted by Gasteiger charge is -2.15. The Morgan fingerprint density at radius 2 is 1.50 bits per heavy atom. The van der Waals surface area contributed by atoms with Gasteiger partial charge in [-0.3, -0.25) is 0 Å². The first kappa shape index (κ1) is 19.2. The Kier molecular flexibility index (Phi) is 7.56. The average Bonchev–Trinajstić information content (AvgIpc) is 2.48. The van der Waals surface area contributed by atoms with E-state index in [-0.39, 0.29) is 12.2 Å². The number of rotatable bonds is 6. The lowest BCUT2D eigenvalue weighted by Crippen LogP contribution is -2.17. The Morgan fingerprint density at radius 3 is 2.00 bits per heavy atom. The fraction of sp³-hybridized carbons (Fsp3) is 0.500. The third kappa shape index (κ3) is 5.09. The molecule has 1 rings (SSSR count). The summed E-state index contributed by atoms with van der Waals surface area (Å²) in [6, 6.07) is 3.11. The Hall–Kier alpha value is -0.880. The molecular formula is C16H20Br2O4. The zero-order chi connectivity index (χ0) is 16.9. The van der Waals surface area contributed by atoms with E-state index in [0.29, 0.717) is 20.1 Å². The average molecular weight is 436 g/mol. The molecule has 122 valence electrons. The van der Waals surface area contributed by atoms with Crippen LogP contribution in [0, 0.1) is 0 Å². The molecule has 0 spiro atoms. The quantitative estimate of drug-likeness (QED) is 0.581. The third-order valence-electron chi connectivity index (χ3n) is 3.25. The largest absolute Gasteiger partial charge is 0.459 e. The van der Waals surface area contributed by atoms with Crippen molar-refractivity contribution in [2.75, 3.05) is 0 Å². The van der Waals surface area contributed by atoms with Crippen molar-refractivity contribution < 1.29 is 19.1 Å². The van der Waals surface area contributed by atoms with Gasteiger partial charge in [0.05, 0.1) is 23.3 Å². The maximum absolute atomic E-state index is 12.2. The van der Waals surface area contributed by atoms with Crippen LogP contribution in [-0.4, -0.2) is 24.1 Å². The molecule has 2 unspecified atom stereocenters. The van der Waals surface area contributed by atoms with Crippen LogP contribution >= 0.6 is 31.9 Å². The number of ether oxygens (including phenoxy) is 2. The molecule has 0 aliphatic carbocycles. The summed E-state index contributed by atoms with van der Waals surface area (Å²) >= 11 is 6.68. The number of halogens is 2. The first-order valence-corrected chi connectivity index (χ1v) is 8.79. The molecule has 1 aromatic rings. The number of esters is 2. The van der Waals surface area contributed by atoms with Crippen molar-refractivity contribution >= 4 is 43.8 Å². The normalized spacial score (nSPS) is 13.4. The summed E-state index contributed by atoms with van der Waals surface area (Å²) in [5.41, 5.74) is 0.609. The van der Waals surface area contributed by atoms with Crippen LogP contribution in [0.25, 0.3) is 0 Å². The zero-order valence-corrected chi connectivity index (χ0v) is 16.3. The molecule has 0 N–H and O–H groups in total. The molecule has 0 aliphatic heterocycles. The Balaban J connectivity index is 3.09. The minimum atomic E-state index is -0.472. The van der Waals surface area contributed by atoms with Crippen LogP contribution in [0.2, 0.25) is 0 Å². The maximum Gasteiger partial charge on any atom is 0.339 e.